The van der Waals surface area contributed by atoms with Crippen LogP contribution in [0, 0.1) is 0 Å². The van der Waals surface area contributed by atoms with Crippen molar-refractivity contribution in [1.82, 2.24) is 0 Å². The highest BCUT2D eigenvalue weighted by molar-refractivity contribution is 4.50. The van der Waals surface area contributed by atoms with Crippen LogP contribution in [0.1, 0.15) is 38.5 Å². The zero-order valence-corrected chi connectivity index (χ0v) is 9.75. The van der Waals surface area contributed by atoms with Gasteiger partial charge in [-0.1, -0.05) is 0 Å². The van der Waals surface area contributed by atoms with E-state index in [9.17, 15) is 0 Å². The molecule has 0 aromatic heterocycles. The summed E-state index contributed by atoms with van der Waals surface area (Å²) < 4.78 is 5.17. The first kappa shape index (κ1) is 16.7. The number of hydrogen-bond acceptors (Lipinski definition) is 7. The molecule has 0 bridgehead atoms. The Morgan fingerprint density at radius 2 is 0.941 bits per heavy atom. The molecular formula is C10H22O7. The predicted molar refractivity (Wildman–Crippen MR) is 57.3 cm³/mol. The SMILES string of the molecule is OC(O)(O)CCCCOCCCCC(O)(O)O. The van der Waals surface area contributed by atoms with Gasteiger partial charge in [0, 0.05) is 26.1 Å². The van der Waals surface area contributed by atoms with E-state index in [2.05, 4.69) is 0 Å². The van der Waals surface area contributed by atoms with Crippen molar-refractivity contribution < 1.29 is 35.4 Å². The highest BCUT2D eigenvalue weighted by Crippen LogP contribution is 2.08. The second kappa shape index (κ2) is 7.93. The number of ether oxygens (including phenoxy) is 1. The summed E-state index contributed by atoms with van der Waals surface area (Å²) in [6, 6.07) is 0. The lowest BCUT2D eigenvalue weighted by Gasteiger charge is -2.14. The van der Waals surface area contributed by atoms with Gasteiger partial charge in [-0.2, -0.15) is 0 Å². The van der Waals surface area contributed by atoms with Gasteiger partial charge in [0.25, 0.3) is 11.9 Å². The number of rotatable bonds is 10. The van der Waals surface area contributed by atoms with Crippen molar-refractivity contribution in [3.8, 4) is 0 Å². The summed E-state index contributed by atoms with van der Waals surface area (Å²) in [5, 5.41) is 51.4. The Balaban J connectivity index is 3.15. The van der Waals surface area contributed by atoms with Gasteiger partial charge in [-0.15, -0.1) is 0 Å². The summed E-state index contributed by atoms with van der Waals surface area (Å²) in [7, 11) is 0. The molecule has 17 heavy (non-hydrogen) atoms. The van der Waals surface area contributed by atoms with Crippen LogP contribution in [0.25, 0.3) is 0 Å². The normalized spacial score (nSPS) is 13.1. The number of aliphatic hydroxyl groups is 6. The molecular weight excluding hydrogens is 232 g/mol. The van der Waals surface area contributed by atoms with Crippen LogP contribution in [0.2, 0.25) is 0 Å². The molecule has 0 rings (SSSR count). The van der Waals surface area contributed by atoms with Gasteiger partial charge in [0.1, 0.15) is 0 Å². The van der Waals surface area contributed by atoms with Crippen molar-refractivity contribution in [2.24, 2.45) is 0 Å². The minimum absolute atomic E-state index is 0.127. The van der Waals surface area contributed by atoms with Crippen LogP contribution in [0.4, 0.5) is 0 Å². The lowest BCUT2D eigenvalue weighted by Crippen LogP contribution is -2.26. The minimum atomic E-state index is -2.60. The van der Waals surface area contributed by atoms with Crippen molar-refractivity contribution in [3.05, 3.63) is 0 Å². The van der Waals surface area contributed by atoms with E-state index in [1.54, 1.807) is 0 Å². The predicted octanol–water partition coefficient (Wildman–Crippen LogP) is -1.39. The van der Waals surface area contributed by atoms with Crippen LogP contribution < -0.4 is 0 Å². The van der Waals surface area contributed by atoms with Crippen molar-refractivity contribution in [2.45, 2.75) is 50.5 Å². The molecule has 0 aliphatic rings. The molecule has 0 aliphatic heterocycles. The highest BCUT2D eigenvalue weighted by Gasteiger charge is 2.17. The fourth-order valence-corrected chi connectivity index (χ4v) is 1.23. The van der Waals surface area contributed by atoms with Gasteiger partial charge in [-0.05, 0) is 25.7 Å². The maximum absolute atomic E-state index is 8.57. The third-order valence-corrected chi connectivity index (χ3v) is 2.10. The van der Waals surface area contributed by atoms with Gasteiger partial charge in [0.2, 0.25) is 0 Å². The molecule has 0 aromatic rings. The van der Waals surface area contributed by atoms with Gasteiger partial charge < -0.3 is 35.4 Å². The van der Waals surface area contributed by atoms with E-state index < -0.39 is 11.9 Å². The third-order valence-electron chi connectivity index (χ3n) is 2.10. The Morgan fingerprint density at radius 3 is 1.24 bits per heavy atom. The fraction of sp³-hybridized carbons (Fsp3) is 1.00. The van der Waals surface area contributed by atoms with Gasteiger partial charge in [-0.25, -0.2) is 0 Å². The number of hydrogen-bond donors (Lipinski definition) is 6. The minimum Gasteiger partial charge on any atom is -0.381 e. The largest absolute Gasteiger partial charge is 0.381 e. The van der Waals surface area contributed by atoms with E-state index >= 15 is 0 Å². The van der Waals surface area contributed by atoms with Gasteiger partial charge >= 0.3 is 0 Å². The van der Waals surface area contributed by atoms with Crippen LogP contribution >= 0.6 is 0 Å². The average molecular weight is 254 g/mol. The monoisotopic (exact) mass is 254 g/mol. The van der Waals surface area contributed by atoms with E-state index in [-0.39, 0.29) is 12.8 Å². The maximum atomic E-state index is 8.57. The molecule has 0 aromatic carbocycles. The van der Waals surface area contributed by atoms with E-state index in [4.69, 9.17) is 35.4 Å². The zero-order valence-electron chi connectivity index (χ0n) is 9.75. The smallest absolute Gasteiger partial charge is 0.275 e. The van der Waals surface area contributed by atoms with Gasteiger partial charge in [0.15, 0.2) is 0 Å². The molecule has 0 amide bonds. The summed E-state index contributed by atoms with van der Waals surface area (Å²) in [6.07, 6.45) is 1.78. The summed E-state index contributed by atoms with van der Waals surface area (Å²) >= 11 is 0. The van der Waals surface area contributed by atoms with E-state index in [0.29, 0.717) is 38.9 Å². The number of unbranched alkanes of at least 4 members (excludes halogenated alkanes) is 2. The Kier molecular flexibility index (Phi) is 7.80. The molecule has 0 aliphatic carbocycles. The molecule has 0 saturated carbocycles. The maximum Gasteiger partial charge on any atom is 0.275 e. The second-order valence-corrected chi connectivity index (χ2v) is 4.08. The van der Waals surface area contributed by atoms with Crippen LogP contribution in [0.5, 0.6) is 0 Å². The molecule has 0 radical (unpaired) electrons. The van der Waals surface area contributed by atoms with Crippen LogP contribution in [-0.4, -0.2) is 55.8 Å². The zero-order chi connectivity index (χ0) is 13.4. The molecule has 0 saturated heterocycles. The molecule has 0 atom stereocenters. The van der Waals surface area contributed by atoms with E-state index in [0.717, 1.165) is 0 Å². The molecule has 104 valence electrons. The van der Waals surface area contributed by atoms with E-state index in [1.807, 2.05) is 0 Å². The molecule has 0 fully saturated rings. The Labute approximate surface area is 99.9 Å². The standard InChI is InChI=1S/C10H22O7/c11-9(12,13)5-1-3-7-17-8-4-2-6-10(14,15)16/h11-16H,1-8H2. The highest BCUT2D eigenvalue weighted by atomic mass is 16.7. The summed E-state index contributed by atoms with van der Waals surface area (Å²) in [4.78, 5) is 0. The molecule has 7 heteroatoms. The Bertz CT molecular complexity index is 162. The third kappa shape index (κ3) is 15.7. The Hall–Kier alpha value is -0.280. The average Bonchev–Trinajstić information content (AvgIpc) is 2.11. The fourth-order valence-electron chi connectivity index (χ4n) is 1.23. The molecule has 0 unspecified atom stereocenters. The first-order valence-corrected chi connectivity index (χ1v) is 5.63. The van der Waals surface area contributed by atoms with Gasteiger partial charge in [0.05, 0.1) is 0 Å². The molecule has 6 N–H and O–H groups in total. The van der Waals surface area contributed by atoms with Crippen molar-refractivity contribution in [2.75, 3.05) is 13.2 Å². The summed E-state index contributed by atoms with van der Waals surface area (Å²) in [6.45, 7) is 0.858. The quantitative estimate of drug-likeness (QED) is 0.209. The molecule has 7 nitrogen and oxygen atoms in total. The van der Waals surface area contributed by atoms with E-state index in [1.165, 1.54) is 0 Å². The summed E-state index contributed by atoms with van der Waals surface area (Å²) in [5.41, 5.74) is 0. The first-order chi connectivity index (χ1) is 7.71. The van der Waals surface area contributed by atoms with Gasteiger partial charge in [-0.3, -0.25) is 0 Å². The van der Waals surface area contributed by atoms with Crippen LogP contribution in [0.3, 0.4) is 0 Å². The van der Waals surface area contributed by atoms with Crippen molar-refractivity contribution >= 4 is 0 Å². The van der Waals surface area contributed by atoms with Crippen LogP contribution in [0.15, 0.2) is 0 Å². The van der Waals surface area contributed by atoms with Crippen molar-refractivity contribution in [3.63, 3.8) is 0 Å². The topological polar surface area (TPSA) is 131 Å². The second-order valence-electron chi connectivity index (χ2n) is 4.08. The Morgan fingerprint density at radius 1 is 0.588 bits per heavy atom. The molecule has 0 spiro atoms. The lowest BCUT2D eigenvalue weighted by atomic mass is 10.2. The van der Waals surface area contributed by atoms with Crippen LogP contribution in [-0.2, 0) is 4.74 Å². The molecule has 0 heterocycles. The first-order valence-electron chi connectivity index (χ1n) is 5.63. The van der Waals surface area contributed by atoms with Crippen molar-refractivity contribution in [1.29, 1.82) is 0 Å². The summed E-state index contributed by atoms with van der Waals surface area (Å²) in [5.74, 6) is -5.21. The lowest BCUT2D eigenvalue weighted by molar-refractivity contribution is -0.315.